The Morgan fingerprint density at radius 3 is 1.26 bits per heavy atom. The summed E-state index contributed by atoms with van der Waals surface area (Å²) in [6, 6.07) is 59.5. The fraction of sp³-hybridized carbons (Fsp3) is 0.362. The van der Waals surface area contributed by atoms with Crippen LogP contribution in [-0.4, -0.2) is 35.5 Å². The largest absolute Gasteiger partial charge is 1.00 e. The van der Waals surface area contributed by atoms with Gasteiger partial charge >= 0.3 is 0 Å². The highest BCUT2D eigenvalue weighted by Crippen LogP contribution is 2.56. The van der Waals surface area contributed by atoms with E-state index in [9.17, 15) is 0 Å². The lowest BCUT2D eigenvalue weighted by molar-refractivity contribution is -0.0000140. The van der Waals surface area contributed by atoms with Crippen LogP contribution in [0.25, 0.3) is 0 Å². The van der Waals surface area contributed by atoms with Gasteiger partial charge in [-0.1, -0.05) is 164 Å². The first kappa shape index (κ1) is 43.3. The van der Waals surface area contributed by atoms with E-state index in [4.69, 9.17) is 8.85 Å². The second kappa shape index (κ2) is 20.0. The summed E-state index contributed by atoms with van der Waals surface area (Å²) in [5.41, 5.74) is 0. The summed E-state index contributed by atoms with van der Waals surface area (Å²) in [6.45, 7) is 17.3. The van der Waals surface area contributed by atoms with Crippen LogP contribution >= 0.6 is 7.26 Å². The molecule has 0 heterocycles. The highest BCUT2D eigenvalue weighted by Gasteiger charge is 2.51. The van der Waals surface area contributed by atoms with Gasteiger partial charge in [0, 0.05) is 18.6 Å². The van der Waals surface area contributed by atoms with Crippen LogP contribution in [0.4, 0.5) is 0 Å². The van der Waals surface area contributed by atoms with Gasteiger partial charge in [0.15, 0.2) is 8.32 Å². The normalized spacial score (nSPS) is 13.6. The SMILES string of the molecule is CC[Si](CC)(CC)O[C@H](CCC[P+](c1ccccc1)(c1ccccc1)c1ccccc1)[C@@H](C)CO[Si](c1ccccc1)(c1ccccc1)C(C)(C)C.[I-]. The molecule has 53 heavy (non-hydrogen) atoms. The van der Waals surface area contributed by atoms with Crippen molar-refractivity contribution in [1.29, 1.82) is 0 Å². The third-order valence-corrected chi connectivity index (χ3v) is 25.7. The van der Waals surface area contributed by atoms with Gasteiger partial charge < -0.3 is 32.8 Å². The van der Waals surface area contributed by atoms with Crippen molar-refractivity contribution in [2.24, 2.45) is 5.92 Å². The van der Waals surface area contributed by atoms with Crippen molar-refractivity contribution in [2.45, 2.75) is 90.6 Å². The molecule has 2 nitrogen and oxygen atoms in total. The summed E-state index contributed by atoms with van der Waals surface area (Å²) in [5, 5.41) is 6.96. The van der Waals surface area contributed by atoms with E-state index in [1.165, 1.54) is 26.3 Å². The molecule has 0 aliphatic heterocycles. The number of halogens is 1. The van der Waals surface area contributed by atoms with Crippen LogP contribution in [0.15, 0.2) is 152 Å². The van der Waals surface area contributed by atoms with Gasteiger partial charge in [0.2, 0.25) is 0 Å². The number of hydrogen-bond acceptors (Lipinski definition) is 2. The van der Waals surface area contributed by atoms with Gasteiger partial charge in [0.05, 0.1) is 6.16 Å². The minimum Gasteiger partial charge on any atom is -1.00 e. The predicted octanol–water partition coefficient (Wildman–Crippen LogP) is 7.37. The molecule has 0 N–H and O–H groups in total. The van der Waals surface area contributed by atoms with Crippen molar-refractivity contribution in [2.75, 3.05) is 12.8 Å². The molecule has 0 spiro atoms. The minimum absolute atomic E-state index is 0. The Labute approximate surface area is 341 Å². The fourth-order valence-electron chi connectivity index (χ4n) is 8.32. The molecule has 5 aromatic carbocycles. The van der Waals surface area contributed by atoms with E-state index in [0.717, 1.165) is 37.1 Å². The van der Waals surface area contributed by atoms with Crippen molar-refractivity contribution >= 4 is 50.2 Å². The Balaban J connectivity index is 0.00000627. The monoisotopic (exact) mass is 872 g/mol. The molecule has 5 aromatic rings. The van der Waals surface area contributed by atoms with Crippen LogP contribution in [0.5, 0.6) is 0 Å². The molecule has 0 aliphatic carbocycles. The van der Waals surface area contributed by atoms with Crippen molar-refractivity contribution in [3.63, 3.8) is 0 Å². The molecular weight excluding hydrogens is 811 g/mol. The topological polar surface area (TPSA) is 18.5 Å². The molecule has 0 unspecified atom stereocenters. The van der Waals surface area contributed by atoms with Crippen LogP contribution in [0.3, 0.4) is 0 Å². The van der Waals surface area contributed by atoms with Crippen LogP contribution in [-0.2, 0) is 8.85 Å². The van der Waals surface area contributed by atoms with Crippen molar-refractivity contribution in [3.05, 3.63) is 152 Å². The average molecular weight is 873 g/mol. The first-order valence-corrected chi connectivity index (χ1v) is 26.0. The van der Waals surface area contributed by atoms with E-state index in [0.29, 0.717) is 6.61 Å². The Morgan fingerprint density at radius 1 is 0.566 bits per heavy atom. The summed E-state index contributed by atoms with van der Waals surface area (Å²) in [6.07, 6.45) is 3.34. The molecule has 0 aromatic heterocycles. The number of hydrogen-bond donors (Lipinski definition) is 0. The van der Waals surface area contributed by atoms with Crippen molar-refractivity contribution in [1.82, 2.24) is 0 Å². The molecule has 0 aliphatic rings. The highest BCUT2D eigenvalue weighted by atomic mass is 127. The van der Waals surface area contributed by atoms with E-state index in [-0.39, 0.29) is 41.0 Å². The molecular formula is C47H62IO2PSi2. The molecule has 0 bridgehead atoms. The first-order valence-electron chi connectivity index (χ1n) is 19.6. The molecule has 0 saturated heterocycles. The highest BCUT2D eigenvalue weighted by molar-refractivity contribution is 7.95. The van der Waals surface area contributed by atoms with Crippen LogP contribution < -0.4 is 50.3 Å². The summed E-state index contributed by atoms with van der Waals surface area (Å²) in [7, 11) is -6.50. The summed E-state index contributed by atoms with van der Waals surface area (Å²) < 4.78 is 15.1. The Bertz CT molecular complexity index is 1600. The van der Waals surface area contributed by atoms with Crippen molar-refractivity contribution < 1.29 is 32.8 Å². The van der Waals surface area contributed by atoms with Gasteiger partial charge in [-0.3, -0.25) is 0 Å². The second-order valence-electron chi connectivity index (χ2n) is 15.5. The van der Waals surface area contributed by atoms with Crippen LogP contribution in [0.2, 0.25) is 23.2 Å². The second-order valence-corrected chi connectivity index (χ2v) is 28.2. The van der Waals surface area contributed by atoms with Gasteiger partial charge in [0.1, 0.15) is 23.2 Å². The van der Waals surface area contributed by atoms with Gasteiger partial charge in [-0.25, -0.2) is 0 Å². The number of benzene rings is 5. The zero-order valence-corrected chi connectivity index (χ0v) is 38.2. The first-order chi connectivity index (χ1) is 25.2. The lowest BCUT2D eigenvalue weighted by Gasteiger charge is -2.44. The Morgan fingerprint density at radius 2 is 0.925 bits per heavy atom. The molecule has 0 fully saturated rings. The fourth-order valence-corrected chi connectivity index (χ4v) is 20.3. The van der Waals surface area contributed by atoms with Crippen molar-refractivity contribution in [3.8, 4) is 0 Å². The quantitative estimate of drug-likeness (QED) is 0.0521. The standard InChI is InChI=1S/C47H62O2PSi2.HI/c1-8-51(9-2,10-3)49-46(40(4)39-48-52(47(5,6)7,44-33-22-14-23-34-44)45-35-24-15-25-36-45)37-26-38-50(41-27-16-11-17-28-41,42-29-18-12-19-30-42)43-31-20-13-21-32-43;/h11-25,27-36,40,46H,8-10,26,37-39H2,1-7H3;1H/q+1;/p-1/t40-,46+;/m0./s1. The third-order valence-electron chi connectivity index (χ3n) is 11.5. The Hall–Kier alpha value is -2.39. The van der Waals surface area contributed by atoms with Crippen LogP contribution in [0, 0.1) is 5.92 Å². The zero-order chi connectivity index (χ0) is 37.1. The molecule has 5 rings (SSSR count). The Kier molecular flexibility index (Phi) is 16.3. The van der Waals surface area contributed by atoms with E-state index in [2.05, 4.69) is 200 Å². The summed E-state index contributed by atoms with van der Waals surface area (Å²) in [5.74, 6) is 0.246. The molecule has 0 amide bonds. The van der Waals surface area contributed by atoms with Gasteiger partial charge in [-0.05, 0) is 82.8 Å². The lowest BCUT2D eigenvalue weighted by Crippen LogP contribution is -3.00. The zero-order valence-electron chi connectivity index (χ0n) is 33.2. The van der Waals surface area contributed by atoms with Gasteiger partial charge in [-0.2, -0.15) is 0 Å². The molecule has 282 valence electrons. The molecule has 2 atom stereocenters. The number of rotatable bonds is 18. The minimum atomic E-state index is -2.67. The van der Waals surface area contributed by atoms with E-state index in [1.807, 2.05) is 0 Å². The van der Waals surface area contributed by atoms with Crippen LogP contribution in [0.1, 0.15) is 61.3 Å². The average Bonchev–Trinajstić information content (AvgIpc) is 3.19. The van der Waals surface area contributed by atoms with Gasteiger partial charge in [-0.15, -0.1) is 0 Å². The molecule has 0 radical (unpaired) electrons. The maximum absolute atomic E-state index is 7.56. The predicted molar refractivity (Wildman–Crippen MR) is 234 cm³/mol. The molecule has 0 saturated carbocycles. The maximum atomic E-state index is 7.56. The summed E-state index contributed by atoms with van der Waals surface area (Å²) in [4.78, 5) is 0. The van der Waals surface area contributed by atoms with Gasteiger partial charge in [0.25, 0.3) is 8.32 Å². The lowest BCUT2D eigenvalue weighted by atomic mass is 10.0. The summed E-state index contributed by atoms with van der Waals surface area (Å²) >= 11 is 0. The van der Waals surface area contributed by atoms with E-state index >= 15 is 0 Å². The maximum Gasteiger partial charge on any atom is 0.261 e. The third kappa shape index (κ3) is 9.71. The van der Waals surface area contributed by atoms with E-state index < -0.39 is 23.9 Å². The molecule has 6 heteroatoms. The smallest absolute Gasteiger partial charge is 0.261 e. The van der Waals surface area contributed by atoms with E-state index in [1.54, 1.807) is 0 Å².